The summed E-state index contributed by atoms with van der Waals surface area (Å²) in [5, 5.41) is 0. The van der Waals surface area contributed by atoms with E-state index >= 15 is 0 Å². The molecule has 2 unspecified atom stereocenters. The SMILES string of the molecule is CC(OCC1CCCCC1)C(N)c1ccc(F)cc1. The van der Waals surface area contributed by atoms with Crippen molar-refractivity contribution in [2.75, 3.05) is 6.61 Å². The maximum Gasteiger partial charge on any atom is 0.123 e. The predicted octanol–water partition coefficient (Wildman–Crippen LogP) is 3.81. The van der Waals surface area contributed by atoms with Crippen molar-refractivity contribution in [2.24, 2.45) is 11.7 Å². The molecular formula is C16H24FNO. The van der Waals surface area contributed by atoms with Crippen LogP contribution in [0.3, 0.4) is 0 Å². The molecule has 0 aliphatic heterocycles. The van der Waals surface area contributed by atoms with E-state index in [1.54, 1.807) is 12.1 Å². The Labute approximate surface area is 115 Å². The molecule has 1 aromatic carbocycles. The van der Waals surface area contributed by atoms with E-state index in [0.717, 1.165) is 12.2 Å². The number of nitrogens with two attached hydrogens (primary N) is 1. The van der Waals surface area contributed by atoms with Gasteiger partial charge in [-0.2, -0.15) is 0 Å². The van der Waals surface area contributed by atoms with E-state index in [4.69, 9.17) is 10.5 Å². The van der Waals surface area contributed by atoms with Gasteiger partial charge in [0, 0.05) is 6.61 Å². The average molecular weight is 265 g/mol. The smallest absolute Gasteiger partial charge is 0.123 e. The minimum absolute atomic E-state index is 0.0348. The van der Waals surface area contributed by atoms with Crippen LogP contribution in [-0.2, 0) is 4.74 Å². The quantitative estimate of drug-likeness (QED) is 0.878. The lowest BCUT2D eigenvalue weighted by Gasteiger charge is -2.26. The fraction of sp³-hybridized carbons (Fsp3) is 0.625. The summed E-state index contributed by atoms with van der Waals surface area (Å²) in [6.07, 6.45) is 6.53. The normalized spacial score (nSPS) is 20.2. The summed E-state index contributed by atoms with van der Waals surface area (Å²) in [7, 11) is 0. The summed E-state index contributed by atoms with van der Waals surface area (Å²) in [4.78, 5) is 0. The topological polar surface area (TPSA) is 35.2 Å². The van der Waals surface area contributed by atoms with Gasteiger partial charge in [0.15, 0.2) is 0 Å². The van der Waals surface area contributed by atoms with Crippen LogP contribution in [-0.4, -0.2) is 12.7 Å². The number of halogens is 1. The monoisotopic (exact) mass is 265 g/mol. The second-order valence-corrected chi connectivity index (χ2v) is 5.62. The fourth-order valence-corrected chi connectivity index (χ4v) is 2.70. The van der Waals surface area contributed by atoms with Gasteiger partial charge in [-0.1, -0.05) is 31.4 Å². The third-order valence-corrected chi connectivity index (χ3v) is 4.08. The third-order valence-electron chi connectivity index (χ3n) is 4.08. The Hall–Kier alpha value is -0.930. The van der Waals surface area contributed by atoms with Crippen LogP contribution in [0.15, 0.2) is 24.3 Å². The first kappa shape index (κ1) is 14.5. The number of rotatable bonds is 5. The second-order valence-electron chi connectivity index (χ2n) is 5.62. The van der Waals surface area contributed by atoms with Crippen molar-refractivity contribution in [1.82, 2.24) is 0 Å². The van der Waals surface area contributed by atoms with E-state index in [2.05, 4.69) is 0 Å². The Morgan fingerprint density at radius 3 is 2.47 bits per heavy atom. The van der Waals surface area contributed by atoms with Crippen LogP contribution in [0.25, 0.3) is 0 Å². The van der Waals surface area contributed by atoms with E-state index in [1.165, 1.54) is 44.2 Å². The van der Waals surface area contributed by atoms with Crippen molar-refractivity contribution in [1.29, 1.82) is 0 Å². The van der Waals surface area contributed by atoms with Crippen molar-refractivity contribution < 1.29 is 9.13 Å². The van der Waals surface area contributed by atoms with E-state index in [0.29, 0.717) is 5.92 Å². The van der Waals surface area contributed by atoms with Gasteiger partial charge in [0.1, 0.15) is 5.82 Å². The lowest BCUT2D eigenvalue weighted by Crippen LogP contribution is -2.28. The van der Waals surface area contributed by atoms with Crippen LogP contribution in [0, 0.1) is 11.7 Å². The molecule has 19 heavy (non-hydrogen) atoms. The van der Waals surface area contributed by atoms with Crippen LogP contribution in [0.2, 0.25) is 0 Å². The van der Waals surface area contributed by atoms with Crippen LogP contribution in [0.5, 0.6) is 0 Å². The summed E-state index contributed by atoms with van der Waals surface area (Å²) in [6, 6.07) is 6.18. The van der Waals surface area contributed by atoms with Gasteiger partial charge < -0.3 is 10.5 Å². The first-order valence-electron chi connectivity index (χ1n) is 7.29. The molecule has 0 aromatic heterocycles. The summed E-state index contributed by atoms with van der Waals surface area (Å²) in [5.74, 6) is 0.461. The summed E-state index contributed by atoms with van der Waals surface area (Å²) < 4.78 is 18.8. The Bertz CT molecular complexity index is 373. The molecule has 1 saturated carbocycles. The van der Waals surface area contributed by atoms with Gasteiger partial charge in [-0.25, -0.2) is 4.39 Å². The molecule has 0 spiro atoms. The minimum Gasteiger partial charge on any atom is -0.376 e. The zero-order chi connectivity index (χ0) is 13.7. The molecule has 2 atom stereocenters. The molecular weight excluding hydrogens is 241 g/mol. The maximum atomic E-state index is 12.9. The molecule has 0 saturated heterocycles. The Kier molecular flexibility index (Phi) is 5.34. The molecule has 0 amide bonds. The highest BCUT2D eigenvalue weighted by molar-refractivity contribution is 5.20. The number of hydrogen-bond donors (Lipinski definition) is 1. The Morgan fingerprint density at radius 1 is 1.21 bits per heavy atom. The minimum atomic E-state index is -0.230. The molecule has 106 valence electrons. The van der Waals surface area contributed by atoms with Gasteiger partial charge in [-0.3, -0.25) is 0 Å². The molecule has 2 nitrogen and oxygen atoms in total. The lowest BCUT2D eigenvalue weighted by molar-refractivity contribution is 0.0169. The average Bonchev–Trinajstić information content (AvgIpc) is 2.46. The van der Waals surface area contributed by atoms with Gasteiger partial charge in [0.2, 0.25) is 0 Å². The summed E-state index contributed by atoms with van der Waals surface area (Å²) >= 11 is 0. The Morgan fingerprint density at radius 2 is 1.84 bits per heavy atom. The fourth-order valence-electron chi connectivity index (χ4n) is 2.70. The molecule has 1 aliphatic rings. The van der Waals surface area contributed by atoms with E-state index in [9.17, 15) is 4.39 Å². The van der Waals surface area contributed by atoms with Gasteiger partial charge in [0.25, 0.3) is 0 Å². The number of hydrogen-bond acceptors (Lipinski definition) is 2. The van der Waals surface area contributed by atoms with Crippen LogP contribution < -0.4 is 5.73 Å². The van der Waals surface area contributed by atoms with Crippen molar-refractivity contribution in [3.05, 3.63) is 35.6 Å². The maximum absolute atomic E-state index is 12.9. The zero-order valence-corrected chi connectivity index (χ0v) is 11.6. The molecule has 1 aromatic rings. The van der Waals surface area contributed by atoms with Crippen LogP contribution in [0.4, 0.5) is 4.39 Å². The Balaban J connectivity index is 1.81. The molecule has 3 heteroatoms. The number of ether oxygens (including phenoxy) is 1. The first-order chi connectivity index (χ1) is 9.16. The van der Waals surface area contributed by atoms with E-state index in [-0.39, 0.29) is 18.0 Å². The van der Waals surface area contributed by atoms with Gasteiger partial charge >= 0.3 is 0 Å². The van der Waals surface area contributed by atoms with Gasteiger partial charge in [0.05, 0.1) is 12.1 Å². The third kappa shape index (κ3) is 4.29. The van der Waals surface area contributed by atoms with Crippen molar-refractivity contribution in [3.8, 4) is 0 Å². The molecule has 1 aliphatic carbocycles. The van der Waals surface area contributed by atoms with Crippen LogP contribution >= 0.6 is 0 Å². The highest BCUT2D eigenvalue weighted by Crippen LogP contribution is 2.25. The second kappa shape index (κ2) is 7.01. The largest absolute Gasteiger partial charge is 0.376 e. The number of benzene rings is 1. The van der Waals surface area contributed by atoms with Crippen molar-refractivity contribution in [2.45, 2.75) is 51.2 Å². The molecule has 0 bridgehead atoms. The molecule has 1 fully saturated rings. The summed E-state index contributed by atoms with van der Waals surface area (Å²) in [6.45, 7) is 2.80. The van der Waals surface area contributed by atoms with Gasteiger partial charge in [-0.05, 0) is 43.4 Å². The first-order valence-corrected chi connectivity index (χ1v) is 7.29. The van der Waals surface area contributed by atoms with E-state index < -0.39 is 0 Å². The van der Waals surface area contributed by atoms with E-state index in [1.807, 2.05) is 6.92 Å². The van der Waals surface area contributed by atoms with Gasteiger partial charge in [-0.15, -0.1) is 0 Å². The van der Waals surface area contributed by atoms with Crippen molar-refractivity contribution in [3.63, 3.8) is 0 Å². The van der Waals surface area contributed by atoms with Crippen LogP contribution in [0.1, 0.15) is 50.6 Å². The molecule has 2 rings (SSSR count). The molecule has 0 radical (unpaired) electrons. The highest BCUT2D eigenvalue weighted by Gasteiger charge is 2.19. The molecule has 2 N–H and O–H groups in total. The molecule has 0 heterocycles. The lowest BCUT2D eigenvalue weighted by atomic mass is 9.90. The zero-order valence-electron chi connectivity index (χ0n) is 11.6. The standard InChI is InChI=1S/C16H24FNO/c1-12(19-11-13-5-3-2-4-6-13)16(18)14-7-9-15(17)10-8-14/h7-10,12-13,16H,2-6,11,18H2,1H3. The highest BCUT2D eigenvalue weighted by atomic mass is 19.1. The summed E-state index contributed by atoms with van der Waals surface area (Å²) in [5.41, 5.74) is 7.09. The van der Waals surface area contributed by atoms with Crippen molar-refractivity contribution >= 4 is 0 Å². The predicted molar refractivity (Wildman–Crippen MR) is 75.3 cm³/mol.